The number of halogens is 1. The van der Waals surface area contributed by atoms with Crippen LogP contribution in [0.2, 0.25) is 0 Å². The van der Waals surface area contributed by atoms with Crippen LogP contribution in [0, 0.1) is 6.92 Å². The molecule has 2 aromatic carbocycles. The first-order valence-corrected chi connectivity index (χ1v) is 10.2. The second-order valence-electron chi connectivity index (χ2n) is 5.73. The molecule has 146 valence electrons. The van der Waals surface area contributed by atoms with Gasteiger partial charge in [0.25, 0.3) is 0 Å². The number of hydrogen-bond acceptors (Lipinski definition) is 6. The molecule has 2 N–H and O–H groups in total. The SMILES string of the molecule is COc1ccc(C)cc1COC(=O)C(CO)NS(=O)(=O)c1ccc(Br)cc1. The first kappa shape index (κ1) is 21.4. The van der Waals surface area contributed by atoms with Crippen LogP contribution in [0.25, 0.3) is 0 Å². The molecule has 0 aliphatic rings. The highest BCUT2D eigenvalue weighted by Crippen LogP contribution is 2.21. The molecule has 0 fully saturated rings. The Kier molecular flexibility index (Phi) is 7.37. The summed E-state index contributed by atoms with van der Waals surface area (Å²) in [5, 5.41) is 9.43. The number of sulfonamides is 1. The summed E-state index contributed by atoms with van der Waals surface area (Å²) in [6.45, 7) is 1.04. The first-order valence-electron chi connectivity index (χ1n) is 7.95. The van der Waals surface area contributed by atoms with E-state index in [-0.39, 0.29) is 11.5 Å². The zero-order valence-electron chi connectivity index (χ0n) is 14.8. The second kappa shape index (κ2) is 9.32. The van der Waals surface area contributed by atoms with Crippen molar-refractivity contribution in [3.05, 3.63) is 58.1 Å². The minimum Gasteiger partial charge on any atom is -0.496 e. The third-order valence-corrected chi connectivity index (χ3v) is 5.71. The maximum atomic E-state index is 12.4. The summed E-state index contributed by atoms with van der Waals surface area (Å²) in [7, 11) is -2.49. The smallest absolute Gasteiger partial charge is 0.326 e. The second-order valence-corrected chi connectivity index (χ2v) is 8.36. The van der Waals surface area contributed by atoms with E-state index in [1.54, 1.807) is 24.3 Å². The van der Waals surface area contributed by atoms with Crippen molar-refractivity contribution in [3.63, 3.8) is 0 Å². The fraction of sp³-hybridized carbons (Fsp3) is 0.278. The summed E-state index contributed by atoms with van der Waals surface area (Å²) in [4.78, 5) is 12.2. The van der Waals surface area contributed by atoms with E-state index in [4.69, 9.17) is 9.47 Å². The Morgan fingerprint density at radius 2 is 1.89 bits per heavy atom. The van der Waals surface area contributed by atoms with Crippen LogP contribution in [-0.4, -0.2) is 39.3 Å². The monoisotopic (exact) mass is 457 g/mol. The van der Waals surface area contributed by atoms with E-state index in [9.17, 15) is 18.3 Å². The van der Waals surface area contributed by atoms with E-state index in [2.05, 4.69) is 20.7 Å². The number of benzene rings is 2. The topological polar surface area (TPSA) is 102 Å². The lowest BCUT2D eigenvalue weighted by Gasteiger charge is -2.16. The maximum absolute atomic E-state index is 12.4. The lowest BCUT2D eigenvalue weighted by molar-refractivity contribution is -0.148. The number of rotatable bonds is 8. The minimum absolute atomic E-state index is 0.0303. The predicted octanol–water partition coefficient (Wildman–Crippen LogP) is 2.15. The summed E-state index contributed by atoms with van der Waals surface area (Å²) in [5.41, 5.74) is 1.59. The molecule has 2 aromatic rings. The summed E-state index contributed by atoms with van der Waals surface area (Å²) < 4.78 is 38.0. The number of methoxy groups -OCH3 is 1. The molecular formula is C18H20BrNO6S. The van der Waals surface area contributed by atoms with Gasteiger partial charge in [-0.15, -0.1) is 0 Å². The van der Waals surface area contributed by atoms with Gasteiger partial charge in [-0.1, -0.05) is 27.6 Å². The van der Waals surface area contributed by atoms with Crippen molar-refractivity contribution >= 4 is 31.9 Å². The van der Waals surface area contributed by atoms with E-state index in [1.165, 1.54) is 19.2 Å². The zero-order valence-corrected chi connectivity index (χ0v) is 17.2. The summed E-state index contributed by atoms with van der Waals surface area (Å²) in [5.74, 6) is -0.342. The van der Waals surface area contributed by atoms with Gasteiger partial charge >= 0.3 is 5.97 Å². The third kappa shape index (κ3) is 5.77. The molecular weight excluding hydrogens is 438 g/mol. The van der Waals surface area contributed by atoms with Crippen LogP contribution in [0.5, 0.6) is 5.75 Å². The van der Waals surface area contributed by atoms with Gasteiger partial charge < -0.3 is 14.6 Å². The van der Waals surface area contributed by atoms with Gasteiger partial charge in [-0.2, -0.15) is 4.72 Å². The van der Waals surface area contributed by atoms with Gasteiger partial charge in [0.1, 0.15) is 18.4 Å². The fourth-order valence-corrected chi connectivity index (χ4v) is 3.74. The molecule has 0 saturated heterocycles. The van der Waals surface area contributed by atoms with Crippen molar-refractivity contribution in [1.29, 1.82) is 0 Å². The Hall–Kier alpha value is -1.94. The quantitative estimate of drug-likeness (QED) is 0.588. The molecule has 0 heterocycles. The molecule has 0 aliphatic heterocycles. The number of ether oxygens (including phenoxy) is 2. The fourth-order valence-electron chi connectivity index (χ4n) is 2.30. The van der Waals surface area contributed by atoms with Crippen molar-refractivity contribution < 1.29 is 27.8 Å². The molecule has 0 radical (unpaired) electrons. The number of hydrogen-bond donors (Lipinski definition) is 2. The number of aliphatic hydroxyl groups excluding tert-OH is 1. The number of aryl methyl sites for hydroxylation is 1. The average Bonchev–Trinajstić information content (AvgIpc) is 2.64. The van der Waals surface area contributed by atoms with Crippen molar-refractivity contribution in [2.24, 2.45) is 0 Å². The van der Waals surface area contributed by atoms with Crippen LogP contribution >= 0.6 is 15.9 Å². The molecule has 0 saturated carbocycles. The number of esters is 1. The Morgan fingerprint density at radius 3 is 2.48 bits per heavy atom. The molecule has 27 heavy (non-hydrogen) atoms. The molecule has 0 aromatic heterocycles. The van der Waals surface area contributed by atoms with Gasteiger partial charge in [0.2, 0.25) is 10.0 Å². The van der Waals surface area contributed by atoms with Gasteiger partial charge in [-0.3, -0.25) is 4.79 Å². The Labute approximate surface area is 166 Å². The van der Waals surface area contributed by atoms with E-state index < -0.39 is 28.6 Å². The molecule has 9 heteroatoms. The van der Waals surface area contributed by atoms with E-state index in [1.807, 2.05) is 13.0 Å². The molecule has 7 nitrogen and oxygen atoms in total. The summed E-state index contributed by atoms with van der Waals surface area (Å²) in [6.07, 6.45) is 0. The summed E-state index contributed by atoms with van der Waals surface area (Å²) in [6, 6.07) is 9.86. The highest BCUT2D eigenvalue weighted by Gasteiger charge is 2.26. The maximum Gasteiger partial charge on any atom is 0.326 e. The van der Waals surface area contributed by atoms with Gasteiger partial charge in [-0.25, -0.2) is 8.42 Å². The average molecular weight is 458 g/mol. The van der Waals surface area contributed by atoms with E-state index >= 15 is 0 Å². The number of aliphatic hydroxyl groups is 1. The van der Waals surface area contributed by atoms with Crippen molar-refractivity contribution in [2.75, 3.05) is 13.7 Å². The molecule has 1 unspecified atom stereocenters. The molecule has 0 aliphatic carbocycles. The minimum atomic E-state index is -3.99. The Bertz CT molecular complexity index is 899. The van der Waals surface area contributed by atoms with Crippen LogP contribution in [0.4, 0.5) is 0 Å². The van der Waals surface area contributed by atoms with Gasteiger partial charge in [0, 0.05) is 10.0 Å². The third-order valence-electron chi connectivity index (χ3n) is 3.69. The van der Waals surface area contributed by atoms with E-state index in [0.29, 0.717) is 15.8 Å². The highest BCUT2D eigenvalue weighted by molar-refractivity contribution is 9.10. The lowest BCUT2D eigenvalue weighted by atomic mass is 10.1. The number of carbonyl (C=O) groups excluding carboxylic acids is 1. The zero-order chi connectivity index (χ0) is 20.0. The van der Waals surface area contributed by atoms with Crippen LogP contribution < -0.4 is 9.46 Å². The summed E-state index contributed by atoms with van der Waals surface area (Å²) >= 11 is 3.22. The Morgan fingerprint density at radius 1 is 1.22 bits per heavy atom. The van der Waals surface area contributed by atoms with Crippen molar-refractivity contribution in [1.82, 2.24) is 4.72 Å². The number of nitrogens with one attached hydrogen (secondary N) is 1. The van der Waals surface area contributed by atoms with Crippen LogP contribution in [0.15, 0.2) is 51.8 Å². The molecule has 0 spiro atoms. The molecule has 0 amide bonds. The van der Waals surface area contributed by atoms with Crippen LogP contribution in [-0.2, 0) is 26.2 Å². The molecule has 1 atom stereocenters. The van der Waals surface area contributed by atoms with Crippen LogP contribution in [0.3, 0.4) is 0 Å². The number of carbonyl (C=O) groups is 1. The lowest BCUT2D eigenvalue weighted by Crippen LogP contribution is -2.44. The normalized spacial score (nSPS) is 12.4. The molecule has 2 rings (SSSR count). The van der Waals surface area contributed by atoms with Gasteiger partial charge in [0.05, 0.1) is 18.6 Å². The first-order chi connectivity index (χ1) is 12.8. The van der Waals surface area contributed by atoms with Gasteiger partial charge in [-0.05, 0) is 43.3 Å². The van der Waals surface area contributed by atoms with Crippen molar-refractivity contribution in [2.45, 2.75) is 24.5 Å². The van der Waals surface area contributed by atoms with Crippen LogP contribution in [0.1, 0.15) is 11.1 Å². The van der Waals surface area contributed by atoms with Gasteiger partial charge in [0.15, 0.2) is 0 Å². The van der Waals surface area contributed by atoms with E-state index in [0.717, 1.165) is 5.56 Å². The largest absolute Gasteiger partial charge is 0.496 e. The highest BCUT2D eigenvalue weighted by atomic mass is 79.9. The standard InChI is InChI=1S/C18H20BrNO6S/c1-12-3-8-17(25-2)13(9-12)11-26-18(22)16(10-21)20-27(23,24)15-6-4-14(19)5-7-15/h3-9,16,20-21H,10-11H2,1-2H3. The predicted molar refractivity (Wildman–Crippen MR) is 103 cm³/mol. The molecule has 0 bridgehead atoms. The van der Waals surface area contributed by atoms with Crippen molar-refractivity contribution in [3.8, 4) is 5.75 Å². The Balaban J connectivity index is 2.07.